The SMILES string of the molecule is CN(C)c1ccc(C#N)cc1Oc1nc(Oc2cccc(NC(=N)N)c2)nc2c1NC(=O)C(CC(=O)O)O2. The fourth-order valence-electron chi connectivity index (χ4n) is 3.44. The van der Waals surface area contributed by atoms with Crippen LogP contribution in [0.2, 0.25) is 0 Å². The van der Waals surface area contributed by atoms with Gasteiger partial charge in [0.05, 0.1) is 23.7 Å². The van der Waals surface area contributed by atoms with E-state index in [1.54, 1.807) is 55.4 Å². The number of ether oxygens (including phenoxy) is 3. The van der Waals surface area contributed by atoms with Crippen LogP contribution in [-0.2, 0) is 9.59 Å². The molecular weight excluding hydrogens is 496 g/mol. The number of guanidine groups is 1. The maximum absolute atomic E-state index is 12.5. The highest BCUT2D eigenvalue weighted by atomic mass is 16.5. The number of hydrogen-bond acceptors (Lipinski definition) is 10. The average molecular weight is 518 g/mol. The third-order valence-corrected chi connectivity index (χ3v) is 5.08. The van der Waals surface area contributed by atoms with E-state index in [4.69, 9.17) is 30.5 Å². The number of anilines is 3. The van der Waals surface area contributed by atoms with Gasteiger partial charge in [-0.3, -0.25) is 15.0 Å². The molecule has 1 aromatic heterocycles. The minimum Gasteiger partial charge on any atom is -0.481 e. The predicted octanol–water partition coefficient (Wildman–Crippen LogP) is 2.48. The number of nitrogens with zero attached hydrogens (tertiary/aromatic N) is 4. The third-order valence-electron chi connectivity index (χ3n) is 5.08. The van der Waals surface area contributed by atoms with Gasteiger partial charge >= 0.3 is 12.0 Å². The number of aromatic nitrogens is 2. The fraction of sp³-hybridized carbons (Fsp3) is 0.167. The largest absolute Gasteiger partial charge is 0.481 e. The first-order chi connectivity index (χ1) is 18.1. The first-order valence-electron chi connectivity index (χ1n) is 11.0. The topological polar surface area (TPSA) is 209 Å². The number of nitrogens with one attached hydrogen (secondary N) is 3. The van der Waals surface area contributed by atoms with Gasteiger partial charge < -0.3 is 40.6 Å². The lowest BCUT2D eigenvalue weighted by molar-refractivity contribution is -0.142. The van der Waals surface area contributed by atoms with Crippen molar-refractivity contribution in [3.05, 3.63) is 48.0 Å². The van der Waals surface area contributed by atoms with Crippen LogP contribution in [0.25, 0.3) is 0 Å². The Morgan fingerprint density at radius 2 is 2.08 bits per heavy atom. The van der Waals surface area contributed by atoms with Crippen molar-refractivity contribution in [3.63, 3.8) is 0 Å². The smallest absolute Gasteiger partial charge is 0.328 e. The molecule has 14 heteroatoms. The van der Waals surface area contributed by atoms with Crippen molar-refractivity contribution >= 4 is 34.9 Å². The van der Waals surface area contributed by atoms with Crippen molar-refractivity contribution in [1.29, 1.82) is 10.7 Å². The first-order valence-corrected chi connectivity index (χ1v) is 11.0. The number of carboxylic acids is 1. The summed E-state index contributed by atoms with van der Waals surface area (Å²) in [5.74, 6) is -2.05. The van der Waals surface area contributed by atoms with E-state index in [9.17, 15) is 14.9 Å². The number of hydrogen-bond donors (Lipinski definition) is 5. The molecule has 1 aliphatic heterocycles. The number of aliphatic carboxylic acids is 1. The van der Waals surface area contributed by atoms with Crippen molar-refractivity contribution < 1.29 is 28.9 Å². The van der Waals surface area contributed by atoms with Crippen molar-refractivity contribution in [3.8, 4) is 35.3 Å². The Hall–Kier alpha value is -5.58. The minimum absolute atomic E-state index is 0.0388. The Balaban J connectivity index is 1.77. The molecule has 0 saturated heterocycles. The monoisotopic (exact) mass is 518 g/mol. The number of rotatable bonds is 8. The molecule has 14 nitrogen and oxygen atoms in total. The molecule has 0 aliphatic carbocycles. The van der Waals surface area contributed by atoms with Gasteiger partial charge in [-0.25, -0.2) is 0 Å². The number of carbonyl (C=O) groups is 2. The van der Waals surface area contributed by atoms with Crippen LogP contribution in [0.5, 0.6) is 29.3 Å². The zero-order chi connectivity index (χ0) is 27.4. The lowest BCUT2D eigenvalue weighted by atomic mass is 10.2. The van der Waals surface area contributed by atoms with Gasteiger partial charge in [-0.2, -0.15) is 15.2 Å². The van der Waals surface area contributed by atoms with E-state index in [1.807, 2.05) is 6.07 Å². The van der Waals surface area contributed by atoms with Crippen LogP contribution in [-0.4, -0.2) is 53.1 Å². The molecule has 0 fully saturated rings. The quantitative estimate of drug-likeness (QED) is 0.215. The molecule has 3 aromatic rings. The molecule has 1 amide bonds. The summed E-state index contributed by atoms with van der Waals surface area (Å²) in [6, 6.07) is 13.1. The number of carbonyl (C=O) groups excluding carboxylic acids is 1. The molecule has 0 spiro atoms. The lowest BCUT2D eigenvalue weighted by Gasteiger charge is -2.26. The Bertz CT molecular complexity index is 1470. The van der Waals surface area contributed by atoms with Gasteiger partial charge in [-0.15, -0.1) is 0 Å². The summed E-state index contributed by atoms with van der Waals surface area (Å²) in [5, 5.41) is 31.1. The van der Waals surface area contributed by atoms with Gasteiger partial charge in [0.15, 0.2) is 23.5 Å². The normalized spacial score (nSPS) is 13.7. The van der Waals surface area contributed by atoms with Gasteiger partial charge in [-0.1, -0.05) is 6.07 Å². The van der Waals surface area contributed by atoms with Crippen molar-refractivity contribution in [2.75, 3.05) is 29.6 Å². The van der Waals surface area contributed by atoms with E-state index in [-0.39, 0.29) is 40.9 Å². The second kappa shape index (κ2) is 10.6. The summed E-state index contributed by atoms with van der Waals surface area (Å²) in [6.07, 6.45) is -1.95. The van der Waals surface area contributed by atoms with Crippen LogP contribution in [0, 0.1) is 16.7 Å². The van der Waals surface area contributed by atoms with Crippen LogP contribution in [0.3, 0.4) is 0 Å². The zero-order valence-electron chi connectivity index (χ0n) is 20.2. The molecule has 1 atom stereocenters. The molecule has 194 valence electrons. The Kier molecular flexibility index (Phi) is 7.10. The van der Waals surface area contributed by atoms with Gasteiger partial charge in [0.25, 0.3) is 11.8 Å². The molecule has 1 aliphatic rings. The van der Waals surface area contributed by atoms with Gasteiger partial charge in [0.2, 0.25) is 5.88 Å². The van der Waals surface area contributed by atoms with E-state index in [1.165, 1.54) is 6.07 Å². The molecule has 6 N–H and O–H groups in total. The first kappa shape index (κ1) is 25.5. The minimum atomic E-state index is -1.35. The summed E-state index contributed by atoms with van der Waals surface area (Å²) < 4.78 is 17.4. The van der Waals surface area contributed by atoms with E-state index >= 15 is 0 Å². The molecule has 1 unspecified atom stereocenters. The highest BCUT2D eigenvalue weighted by Crippen LogP contribution is 2.42. The van der Waals surface area contributed by atoms with Crippen molar-refractivity contribution in [1.82, 2.24) is 9.97 Å². The zero-order valence-corrected chi connectivity index (χ0v) is 20.2. The molecule has 0 bridgehead atoms. The van der Waals surface area contributed by atoms with Crippen LogP contribution in [0.1, 0.15) is 12.0 Å². The van der Waals surface area contributed by atoms with Crippen LogP contribution in [0.15, 0.2) is 42.5 Å². The standard InChI is InChI=1S/C24H22N8O6/c1-32(2)15-7-6-12(11-25)8-16(15)37-21-19-22(38-17(10-18(33)34)20(35)29-19)31-24(30-21)36-14-5-3-4-13(9-14)28-23(26)27/h3-9,17H,10H2,1-2H3,(H,29,35)(H,33,34)(H4,26,27,28). The fourth-order valence-corrected chi connectivity index (χ4v) is 3.44. The van der Waals surface area contributed by atoms with Gasteiger partial charge in [0.1, 0.15) is 5.75 Å². The number of nitrogens with two attached hydrogens (primary N) is 1. The molecule has 2 heterocycles. The van der Waals surface area contributed by atoms with Crippen LogP contribution in [0.4, 0.5) is 17.1 Å². The van der Waals surface area contributed by atoms with Gasteiger partial charge in [0, 0.05) is 31.9 Å². The number of nitriles is 1. The number of carboxylic acid groups (broad SMARTS) is 1. The Labute approximate surface area is 216 Å². The summed E-state index contributed by atoms with van der Waals surface area (Å²) in [4.78, 5) is 34.0. The molecule has 0 saturated carbocycles. The summed E-state index contributed by atoms with van der Waals surface area (Å²) in [5.41, 5.74) is 6.74. The summed E-state index contributed by atoms with van der Waals surface area (Å²) in [7, 11) is 3.56. The highest BCUT2D eigenvalue weighted by Gasteiger charge is 2.34. The maximum Gasteiger partial charge on any atom is 0.328 e. The van der Waals surface area contributed by atoms with Crippen molar-refractivity contribution in [2.24, 2.45) is 5.73 Å². The van der Waals surface area contributed by atoms with Crippen LogP contribution >= 0.6 is 0 Å². The summed E-state index contributed by atoms with van der Waals surface area (Å²) in [6.45, 7) is 0. The van der Waals surface area contributed by atoms with E-state index in [0.717, 1.165) is 0 Å². The highest BCUT2D eigenvalue weighted by molar-refractivity contribution is 6.00. The Morgan fingerprint density at radius 3 is 2.76 bits per heavy atom. The second-order valence-corrected chi connectivity index (χ2v) is 8.14. The average Bonchev–Trinajstić information content (AvgIpc) is 2.84. The maximum atomic E-state index is 12.5. The summed E-state index contributed by atoms with van der Waals surface area (Å²) >= 11 is 0. The number of amides is 1. The number of benzene rings is 2. The van der Waals surface area contributed by atoms with E-state index < -0.39 is 24.4 Å². The van der Waals surface area contributed by atoms with Gasteiger partial charge in [-0.05, 0) is 24.3 Å². The Morgan fingerprint density at radius 1 is 1.29 bits per heavy atom. The third kappa shape index (κ3) is 5.79. The van der Waals surface area contributed by atoms with Crippen LogP contribution < -0.4 is 35.5 Å². The van der Waals surface area contributed by atoms with E-state index in [0.29, 0.717) is 16.9 Å². The molecule has 4 rings (SSSR count). The molecule has 38 heavy (non-hydrogen) atoms. The van der Waals surface area contributed by atoms with Crippen molar-refractivity contribution in [2.45, 2.75) is 12.5 Å². The molecule has 2 aromatic carbocycles. The lowest BCUT2D eigenvalue weighted by Crippen LogP contribution is -2.39. The van der Waals surface area contributed by atoms with E-state index in [2.05, 4.69) is 20.6 Å². The number of fused-ring (bicyclic) bond motifs is 1. The predicted molar refractivity (Wildman–Crippen MR) is 135 cm³/mol. The molecular formula is C24H22N8O6. The second-order valence-electron chi connectivity index (χ2n) is 8.14. The molecule has 0 radical (unpaired) electrons.